The number of cyclic esters (lactones) is 1. The average Bonchev–Trinajstić information content (AvgIpc) is 3.39. The maximum absolute atomic E-state index is 12.8. The van der Waals surface area contributed by atoms with Crippen LogP contribution in [0.2, 0.25) is 0 Å². The number of carbonyl (C=O) groups is 2. The third-order valence-electron chi connectivity index (χ3n) is 4.84. The molecule has 1 aliphatic rings. The highest BCUT2D eigenvalue weighted by molar-refractivity contribution is 5.89. The molecular formula is C23H21F3N4O5. The monoisotopic (exact) mass is 490 g/mol. The SMILES string of the molecule is CC(C)(C)OC(=O)N1C(=O)OCC1c1nnc(-c2ccccc2Nc2ccc(C(F)(F)F)cc2)o1. The van der Waals surface area contributed by atoms with Crippen molar-refractivity contribution >= 4 is 23.6 Å². The summed E-state index contributed by atoms with van der Waals surface area (Å²) in [4.78, 5) is 25.4. The number of nitrogens with one attached hydrogen (secondary N) is 1. The summed E-state index contributed by atoms with van der Waals surface area (Å²) in [6, 6.07) is 10.4. The molecule has 9 nitrogen and oxygen atoms in total. The Balaban J connectivity index is 1.57. The number of rotatable bonds is 4. The number of halogens is 3. The summed E-state index contributed by atoms with van der Waals surface area (Å²) >= 11 is 0. The molecule has 1 fully saturated rings. The van der Waals surface area contributed by atoms with Gasteiger partial charge in [-0.1, -0.05) is 12.1 Å². The Morgan fingerprint density at radius 2 is 1.77 bits per heavy atom. The highest BCUT2D eigenvalue weighted by Crippen LogP contribution is 2.35. The van der Waals surface area contributed by atoms with Crippen molar-refractivity contribution in [2.75, 3.05) is 11.9 Å². The highest BCUT2D eigenvalue weighted by atomic mass is 19.4. The van der Waals surface area contributed by atoms with E-state index in [4.69, 9.17) is 13.9 Å². The van der Waals surface area contributed by atoms with Crippen molar-refractivity contribution in [1.29, 1.82) is 0 Å². The Morgan fingerprint density at radius 1 is 1.09 bits per heavy atom. The summed E-state index contributed by atoms with van der Waals surface area (Å²) in [6.45, 7) is 4.79. The Hall–Kier alpha value is -4.09. The van der Waals surface area contributed by atoms with Crippen LogP contribution in [0.3, 0.4) is 0 Å². The number of nitrogens with zero attached hydrogens (tertiary/aromatic N) is 3. The van der Waals surface area contributed by atoms with Gasteiger partial charge in [0.05, 0.1) is 16.8 Å². The van der Waals surface area contributed by atoms with Gasteiger partial charge in [-0.15, -0.1) is 10.2 Å². The molecule has 1 N–H and O–H groups in total. The number of hydrogen-bond acceptors (Lipinski definition) is 8. The second-order valence-corrected chi connectivity index (χ2v) is 8.63. The van der Waals surface area contributed by atoms with Crippen LogP contribution in [0, 0.1) is 0 Å². The molecule has 2 heterocycles. The number of carbonyl (C=O) groups excluding carboxylic acids is 2. The molecule has 1 aliphatic heterocycles. The fourth-order valence-electron chi connectivity index (χ4n) is 3.27. The largest absolute Gasteiger partial charge is 0.446 e. The Labute approximate surface area is 197 Å². The molecule has 12 heteroatoms. The topological polar surface area (TPSA) is 107 Å². The number of imide groups is 1. The number of amides is 2. The zero-order valence-electron chi connectivity index (χ0n) is 18.9. The van der Waals surface area contributed by atoms with Crippen LogP contribution in [0.15, 0.2) is 52.9 Å². The predicted octanol–water partition coefficient (Wildman–Crippen LogP) is 5.93. The summed E-state index contributed by atoms with van der Waals surface area (Å²) in [7, 11) is 0. The van der Waals surface area contributed by atoms with Gasteiger partial charge in [0.2, 0.25) is 11.8 Å². The second kappa shape index (κ2) is 8.93. The van der Waals surface area contributed by atoms with Gasteiger partial charge < -0.3 is 19.2 Å². The van der Waals surface area contributed by atoms with Gasteiger partial charge in [0, 0.05) is 5.69 Å². The minimum Gasteiger partial charge on any atom is -0.446 e. The van der Waals surface area contributed by atoms with Crippen LogP contribution >= 0.6 is 0 Å². The Kier molecular flexibility index (Phi) is 6.14. The van der Waals surface area contributed by atoms with E-state index in [1.54, 1.807) is 45.0 Å². The average molecular weight is 490 g/mol. The lowest BCUT2D eigenvalue weighted by Crippen LogP contribution is -2.39. The van der Waals surface area contributed by atoms with Crippen LogP contribution in [0.25, 0.3) is 11.5 Å². The fraction of sp³-hybridized carbons (Fsp3) is 0.304. The summed E-state index contributed by atoms with van der Waals surface area (Å²) in [5, 5.41) is 11.0. The van der Waals surface area contributed by atoms with E-state index in [1.165, 1.54) is 12.1 Å². The van der Waals surface area contributed by atoms with Gasteiger partial charge in [-0.3, -0.25) is 0 Å². The molecule has 0 aliphatic carbocycles. The first-order chi connectivity index (χ1) is 16.4. The molecular weight excluding hydrogens is 469 g/mol. The third-order valence-corrected chi connectivity index (χ3v) is 4.84. The molecule has 0 radical (unpaired) electrons. The van der Waals surface area contributed by atoms with E-state index in [2.05, 4.69) is 15.5 Å². The fourth-order valence-corrected chi connectivity index (χ4v) is 3.27. The van der Waals surface area contributed by atoms with Crippen molar-refractivity contribution in [3.05, 3.63) is 60.0 Å². The van der Waals surface area contributed by atoms with Crippen molar-refractivity contribution < 1.29 is 36.7 Å². The van der Waals surface area contributed by atoms with E-state index >= 15 is 0 Å². The zero-order chi connectivity index (χ0) is 25.4. The van der Waals surface area contributed by atoms with Gasteiger partial charge in [-0.25, -0.2) is 9.59 Å². The summed E-state index contributed by atoms with van der Waals surface area (Å²) < 4.78 is 54.5. The molecule has 1 unspecified atom stereocenters. The number of hydrogen-bond donors (Lipinski definition) is 1. The number of para-hydroxylation sites is 1. The normalized spacial score (nSPS) is 16.2. The van der Waals surface area contributed by atoms with Crippen LogP contribution in [0.5, 0.6) is 0 Å². The van der Waals surface area contributed by atoms with E-state index < -0.39 is 35.6 Å². The highest BCUT2D eigenvalue weighted by Gasteiger charge is 2.44. The molecule has 0 saturated carbocycles. The quantitative estimate of drug-likeness (QED) is 0.480. The first kappa shape index (κ1) is 24.0. The van der Waals surface area contributed by atoms with E-state index in [9.17, 15) is 22.8 Å². The first-order valence-electron chi connectivity index (χ1n) is 10.5. The molecule has 1 saturated heterocycles. The number of ether oxygens (including phenoxy) is 2. The van der Waals surface area contributed by atoms with Gasteiger partial charge >= 0.3 is 18.4 Å². The molecule has 3 aromatic rings. The van der Waals surface area contributed by atoms with E-state index in [0.29, 0.717) is 16.9 Å². The molecule has 184 valence electrons. The third kappa shape index (κ3) is 5.36. The maximum Gasteiger partial charge on any atom is 0.420 e. The van der Waals surface area contributed by atoms with Crippen molar-refractivity contribution in [1.82, 2.24) is 15.1 Å². The summed E-state index contributed by atoms with van der Waals surface area (Å²) in [5.41, 5.74) is -0.241. The number of anilines is 2. The number of benzene rings is 2. The van der Waals surface area contributed by atoms with Crippen LogP contribution in [-0.2, 0) is 15.7 Å². The molecule has 2 aromatic carbocycles. The van der Waals surface area contributed by atoms with E-state index in [-0.39, 0.29) is 18.4 Å². The van der Waals surface area contributed by atoms with Crippen molar-refractivity contribution in [3.8, 4) is 11.5 Å². The minimum absolute atomic E-state index is 0.0407. The van der Waals surface area contributed by atoms with Gasteiger partial charge in [-0.05, 0) is 57.2 Å². The molecule has 0 spiro atoms. The number of aromatic nitrogens is 2. The van der Waals surface area contributed by atoms with E-state index in [1.807, 2.05) is 0 Å². The Bertz CT molecular complexity index is 1230. The lowest BCUT2D eigenvalue weighted by Gasteiger charge is -2.24. The molecule has 35 heavy (non-hydrogen) atoms. The molecule has 2 amide bonds. The van der Waals surface area contributed by atoms with Gasteiger partial charge in [0.1, 0.15) is 12.2 Å². The first-order valence-corrected chi connectivity index (χ1v) is 10.5. The second-order valence-electron chi connectivity index (χ2n) is 8.63. The lowest BCUT2D eigenvalue weighted by molar-refractivity contribution is -0.137. The zero-order valence-corrected chi connectivity index (χ0v) is 18.9. The van der Waals surface area contributed by atoms with E-state index in [0.717, 1.165) is 17.0 Å². The molecule has 4 rings (SSSR count). The van der Waals surface area contributed by atoms with Crippen LogP contribution in [-0.4, -0.2) is 39.5 Å². The summed E-state index contributed by atoms with van der Waals surface area (Å²) in [6.07, 6.45) is -6.24. The lowest BCUT2D eigenvalue weighted by atomic mass is 10.1. The van der Waals surface area contributed by atoms with Crippen LogP contribution < -0.4 is 5.32 Å². The van der Waals surface area contributed by atoms with Gasteiger partial charge in [-0.2, -0.15) is 18.1 Å². The van der Waals surface area contributed by atoms with Gasteiger partial charge in [0.15, 0.2) is 6.04 Å². The molecule has 1 atom stereocenters. The molecule has 0 bridgehead atoms. The van der Waals surface area contributed by atoms with Crippen LogP contribution in [0.4, 0.5) is 34.1 Å². The van der Waals surface area contributed by atoms with Crippen molar-refractivity contribution in [3.63, 3.8) is 0 Å². The van der Waals surface area contributed by atoms with Crippen molar-refractivity contribution in [2.45, 2.75) is 38.6 Å². The minimum atomic E-state index is -4.44. The standard InChI is InChI=1S/C23H21F3N4O5/c1-22(2,3)35-21(32)30-17(12-33-20(30)31)19-29-28-18(34-19)15-6-4-5-7-16(15)27-14-10-8-13(9-11-14)23(24,25)26/h4-11,17,27H,12H2,1-3H3. The van der Waals surface area contributed by atoms with Crippen LogP contribution in [0.1, 0.15) is 38.3 Å². The number of alkyl halides is 3. The smallest absolute Gasteiger partial charge is 0.420 e. The molecule has 1 aromatic heterocycles. The van der Waals surface area contributed by atoms with Crippen molar-refractivity contribution in [2.24, 2.45) is 0 Å². The predicted molar refractivity (Wildman–Crippen MR) is 117 cm³/mol. The summed E-state index contributed by atoms with van der Waals surface area (Å²) in [5.74, 6) is 0.0274. The van der Waals surface area contributed by atoms with Gasteiger partial charge in [0.25, 0.3) is 0 Å². The Morgan fingerprint density at radius 3 is 2.43 bits per heavy atom. The maximum atomic E-state index is 12.8.